The van der Waals surface area contributed by atoms with Gasteiger partial charge >= 0.3 is 5.97 Å². The molecule has 0 unspecified atom stereocenters. The Kier molecular flexibility index (Phi) is 8.91. The van der Waals surface area contributed by atoms with Crippen molar-refractivity contribution in [3.63, 3.8) is 0 Å². The molecule has 1 saturated heterocycles. The summed E-state index contributed by atoms with van der Waals surface area (Å²) in [6.45, 7) is 1.42. The summed E-state index contributed by atoms with van der Waals surface area (Å²) in [5.41, 5.74) is 6.35. The summed E-state index contributed by atoms with van der Waals surface area (Å²) in [4.78, 5) is 18.7. The monoisotopic (exact) mass is 549 g/mol. The van der Waals surface area contributed by atoms with Gasteiger partial charge in [0.05, 0.1) is 18.0 Å². The van der Waals surface area contributed by atoms with Crippen LogP contribution in [0.3, 0.4) is 0 Å². The topological polar surface area (TPSA) is 97.9 Å². The molecule has 0 aliphatic carbocycles. The van der Waals surface area contributed by atoms with E-state index in [0.717, 1.165) is 12.1 Å². The number of alkyl halides is 1. The molecule has 2 aromatic carbocycles. The van der Waals surface area contributed by atoms with Gasteiger partial charge in [-0.3, -0.25) is 14.7 Å². The second-order valence-electron chi connectivity index (χ2n) is 9.77. The van der Waals surface area contributed by atoms with Gasteiger partial charge in [-0.25, -0.2) is 17.6 Å². The molecule has 3 N–H and O–H groups in total. The van der Waals surface area contributed by atoms with Crippen LogP contribution in [0.2, 0.25) is 0 Å². The van der Waals surface area contributed by atoms with Crippen LogP contribution in [0.15, 0.2) is 36.5 Å². The SMILES string of the molecule is COc1ccc2ncc(CN)c([C@@H](F)CCC3(C(=O)O)CCN(CCOc4cc(F)c(F)c(F)c4)CC3)c2c1. The van der Waals surface area contributed by atoms with Gasteiger partial charge in [-0.05, 0) is 62.5 Å². The smallest absolute Gasteiger partial charge is 0.309 e. The summed E-state index contributed by atoms with van der Waals surface area (Å²) in [5, 5.41) is 10.7. The van der Waals surface area contributed by atoms with Crippen molar-refractivity contribution >= 4 is 16.9 Å². The molecule has 1 fully saturated rings. The molecule has 0 spiro atoms. The molecule has 0 saturated carbocycles. The summed E-state index contributed by atoms with van der Waals surface area (Å²) < 4.78 is 66.3. The van der Waals surface area contributed by atoms with E-state index in [2.05, 4.69) is 4.98 Å². The van der Waals surface area contributed by atoms with Crippen LogP contribution in [0.25, 0.3) is 10.9 Å². The Morgan fingerprint density at radius 3 is 2.46 bits per heavy atom. The van der Waals surface area contributed by atoms with Gasteiger partial charge in [-0.15, -0.1) is 0 Å². The van der Waals surface area contributed by atoms with Crippen LogP contribution in [0.1, 0.15) is 43.0 Å². The highest BCUT2D eigenvalue weighted by Crippen LogP contribution is 2.41. The molecule has 7 nitrogen and oxygen atoms in total. The maximum absolute atomic E-state index is 15.8. The zero-order valence-corrected chi connectivity index (χ0v) is 21.6. The van der Waals surface area contributed by atoms with Gasteiger partial charge < -0.3 is 20.3 Å². The molecule has 2 heterocycles. The molecule has 1 aliphatic rings. The van der Waals surface area contributed by atoms with Crippen LogP contribution in [0.4, 0.5) is 17.6 Å². The van der Waals surface area contributed by atoms with Gasteiger partial charge in [-0.2, -0.15) is 0 Å². The van der Waals surface area contributed by atoms with Gasteiger partial charge in [0.1, 0.15) is 24.3 Å². The number of rotatable bonds is 11. The van der Waals surface area contributed by atoms with E-state index in [1.165, 1.54) is 7.11 Å². The number of piperidine rings is 1. The number of likely N-dealkylation sites (tertiary alicyclic amines) is 1. The number of methoxy groups -OCH3 is 1. The molecule has 210 valence electrons. The lowest BCUT2D eigenvalue weighted by atomic mass is 9.74. The molecule has 1 aromatic heterocycles. The molecule has 11 heteroatoms. The van der Waals surface area contributed by atoms with Crippen molar-refractivity contribution in [3.8, 4) is 11.5 Å². The number of nitrogens with zero attached hydrogens (tertiary/aromatic N) is 2. The molecule has 0 radical (unpaired) electrons. The van der Waals surface area contributed by atoms with E-state index in [4.69, 9.17) is 15.2 Å². The molecule has 3 aromatic rings. The molecule has 1 aliphatic heterocycles. The number of aromatic nitrogens is 1. The lowest BCUT2D eigenvalue weighted by Crippen LogP contribution is -2.45. The fourth-order valence-electron chi connectivity index (χ4n) is 5.12. The average molecular weight is 550 g/mol. The maximum Gasteiger partial charge on any atom is 0.309 e. The number of fused-ring (bicyclic) bond motifs is 1. The summed E-state index contributed by atoms with van der Waals surface area (Å²) >= 11 is 0. The summed E-state index contributed by atoms with van der Waals surface area (Å²) in [7, 11) is 1.52. The third-order valence-corrected chi connectivity index (χ3v) is 7.51. The van der Waals surface area contributed by atoms with Crippen LogP contribution >= 0.6 is 0 Å². The summed E-state index contributed by atoms with van der Waals surface area (Å²) in [6.07, 6.45) is 0.868. The van der Waals surface area contributed by atoms with Gasteiger partial charge in [0.2, 0.25) is 0 Å². The second-order valence-corrected chi connectivity index (χ2v) is 9.77. The third-order valence-electron chi connectivity index (χ3n) is 7.51. The standard InChI is InChI=1S/C28H31F4N3O4/c1-38-18-2-3-24-20(12-18)25(17(15-33)16-34-24)21(29)4-5-28(27(36)37)6-8-35(9-7-28)10-11-39-19-13-22(30)26(32)23(31)14-19/h2-3,12-14,16,21H,4-11,15,33H2,1H3,(H,36,37)/t21-/m0/s1. The third kappa shape index (κ3) is 6.25. The van der Waals surface area contributed by atoms with Gasteiger partial charge in [0.25, 0.3) is 0 Å². The quantitative estimate of drug-likeness (QED) is 0.252. The molecular weight excluding hydrogens is 518 g/mol. The minimum absolute atomic E-state index is 0.000426. The van der Waals surface area contributed by atoms with E-state index in [0.29, 0.717) is 60.3 Å². The first-order chi connectivity index (χ1) is 18.7. The molecular formula is C28H31F4N3O4. The van der Waals surface area contributed by atoms with Crippen LogP contribution in [0.5, 0.6) is 11.5 Å². The summed E-state index contributed by atoms with van der Waals surface area (Å²) in [5.74, 6) is -4.77. The lowest BCUT2D eigenvalue weighted by Gasteiger charge is -2.39. The number of ether oxygens (including phenoxy) is 2. The fourth-order valence-corrected chi connectivity index (χ4v) is 5.12. The average Bonchev–Trinajstić information content (AvgIpc) is 2.94. The normalized spacial score (nSPS) is 16.3. The Hall–Kier alpha value is -3.44. The zero-order valence-electron chi connectivity index (χ0n) is 21.6. The Morgan fingerprint density at radius 2 is 1.85 bits per heavy atom. The second kappa shape index (κ2) is 12.2. The first-order valence-electron chi connectivity index (χ1n) is 12.7. The van der Waals surface area contributed by atoms with Crippen molar-refractivity contribution in [3.05, 3.63) is 65.1 Å². The molecule has 0 bridgehead atoms. The highest BCUT2D eigenvalue weighted by atomic mass is 19.2. The van der Waals surface area contributed by atoms with Crippen molar-refractivity contribution < 1.29 is 36.9 Å². The number of carboxylic acid groups (broad SMARTS) is 1. The number of halogens is 4. The predicted octanol–water partition coefficient (Wildman–Crippen LogP) is 5.16. The van der Waals surface area contributed by atoms with Crippen LogP contribution in [-0.2, 0) is 11.3 Å². The maximum atomic E-state index is 15.8. The minimum Gasteiger partial charge on any atom is -0.497 e. The highest BCUT2D eigenvalue weighted by molar-refractivity contribution is 5.85. The van der Waals surface area contributed by atoms with E-state index in [1.54, 1.807) is 24.4 Å². The van der Waals surface area contributed by atoms with E-state index in [9.17, 15) is 23.1 Å². The lowest BCUT2D eigenvalue weighted by molar-refractivity contribution is -0.153. The predicted molar refractivity (Wildman–Crippen MR) is 137 cm³/mol. The number of aliphatic carboxylic acids is 1. The number of benzene rings is 2. The van der Waals surface area contributed by atoms with Crippen molar-refractivity contribution in [2.45, 2.75) is 38.4 Å². The number of pyridine rings is 1. The Bertz CT molecular complexity index is 1300. The number of hydrogen-bond acceptors (Lipinski definition) is 6. The summed E-state index contributed by atoms with van der Waals surface area (Å²) in [6, 6.07) is 6.74. The molecule has 4 rings (SSSR count). The zero-order chi connectivity index (χ0) is 28.2. The minimum atomic E-state index is -1.56. The van der Waals surface area contributed by atoms with Gasteiger partial charge in [-0.1, -0.05) is 0 Å². The van der Waals surface area contributed by atoms with E-state index < -0.39 is 35.0 Å². The fraction of sp³-hybridized carbons (Fsp3) is 0.429. The van der Waals surface area contributed by atoms with Gasteiger partial charge in [0, 0.05) is 42.4 Å². The van der Waals surface area contributed by atoms with Crippen LogP contribution < -0.4 is 15.2 Å². The molecule has 0 amide bonds. The Labute approximate surface area is 223 Å². The van der Waals surface area contributed by atoms with Crippen molar-refractivity contribution in [2.24, 2.45) is 11.1 Å². The first kappa shape index (κ1) is 28.6. The van der Waals surface area contributed by atoms with Crippen molar-refractivity contribution in [1.82, 2.24) is 9.88 Å². The Balaban J connectivity index is 1.38. The molecule has 1 atom stereocenters. The van der Waals surface area contributed by atoms with Crippen LogP contribution in [-0.4, -0.2) is 54.3 Å². The van der Waals surface area contributed by atoms with Crippen molar-refractivity contribution in [1.29, 1.82) is 0 Å². The highest BCUT2D eigenvalue weighted by Gasteiger charge is 2.41. The van der Waals surface area contributed by atoms with Gasteiger partial charge in [0.15, 0.2) is 17.5 Å². The van der Waals surface area contributed by atoms with Crippen molar-refractivity contribution in [2.75, 3.05) is 33.4 Å². The first-order valence-corrected chi connectivity index (χ1v) is 12.7. The Morgan fingerprint density at radius 1 is 1.15 bits per heavy atom. The number of carboxylic acids is 1. The molecule has 39 heavy (non-hydrogen) atoms. The van der Waals surface area contributed by atoms with Crippen LogP contribution in [0, 0.1) is 22.9 Å². The van der Waals surface area contributed by atoms with E-state index in [-0.39, 0.29) is 31.7 Å². The number of hydrogen-bond donors (Lipinski definition) is 2. The van der Waals surface area contributed by atoms with E-state index >= 15 is 4.39 Å². The van der Waals surface area contributed by atoms with E-state index in [1.807, 2.05) is 4.90 Å². The number of nitrogens with two attached hydrogens (primary N) is 1. The number of carbonyl (C=O) groups is 1. The largest absolute Gasteiger partial charge is 0.497 e.